The number of rotatable bonds is 2. The van der Waals surface area contributed by atoms with Crippen molar-refractivity contribution in [3.05, 3.63) is 58.1 Å². The van der Waals surface area contributed by atoms with Crippen molar-refractivity contribution in [1.82, 2.24) is 19.9 Å². The zero-order valence-electron chi connectivity index (χ0n) is 14.4. The number of carbonyl (C=O) groups is 2. The van der Waals surface area contributed by atoms with Gasteiger partial charge in [-0.15, -0.1) is 0 Å². The largest absolute Gasteiger partial charge is 0.477 e. The van der Waals surface area contributed by atoms with E-state index in [0.29, 0.717) is 26.8 Å². The lowest BCUT2D eigenvalue weighted by Crippen LogP contribution is -2.01. The van der Waals surface area contributed by atoms with Crippen molar-refractivity contribution in [1.29, 1.82) is 5.26 Å². The maximum atomic E-state index is 11.3. The summed E-state index contributed by atoms with van der Waals surface area (Å²) in [5, 5.41) is 19.0. The predicted molar refractivity (Wildman–Crippen MR) is 103 cm³/mol. The molecule has 0 atom stereocenters. The number of H-pyrrole nitrogens is 2. The number of ether oxygens (including phenoxy) is 1. The maximum absolute atomic E-state index is 11.3. The average Bonchev–Trinajstić information content (AvgIpc) is 3.26. The molecule has 9 nitrogen and oxygen atoms in total. The third-order valence-electron chi connectivity index (χ3n) is 3.79. The fraction of sp³-hybridized carbons (Fsp3) is 0.0556. The van der Waals surface area contributed by atoms with Crippen LogP contribution in [0.25, 0.3) is 22.1 Å². The summed E-state index contributed by atoms with van der Waals surface area (Å²) in [4.78, 5) is 35.5. The molecule has 0 bridgehead atoms. The Bertz CT molecular complexity index is 1240. The number of aromatic amines is 2. The SMILES string of the molecule is COC(=O)c1[nH]c2ncccc2c1Br.N#Cc1c(C(=O)O)[nH]c2ncccc12. The van der Waals surface area contributed by atoms with E-state index in [9.17, 15) is 9.59 Å². The molecule has 0 saturated heterocycles. The number of halogens is 1. The highest BCUT2D eigenvalue weighted by Crippen LogP contribution is 2.26. The minimum absolute atomic E-state index is 0.110. The molecule has 4 aromatic heterocycles. The number of fused-ring (bicyclic) bond motifs is 2. The van der Waals surface area contributed by atoms with Gasteiger partial charge in [-0.1, -0.05) is 0 Å². The van der Waals surface area contributed by atoms with Crippen LogP contribution in [-0.4, -0.2) is 44.1 Å². The first-order valence-electron chi connectivity index (χ1n) is 7.78. The lowest BCUT2D eigenvalue weighted by atomic mass is 10.2. The first-order valence-corrected chi connectivity index (χ1v) is 8.57. The van der Waals surface area contributed by atoms with E-state index < -0.39 is 11.9 Å². The number of carbonyl (C=O) groups excluding carboxylic acids is 1. The number of hydrogen-bond acceptors (Lipinski definition) is 6. The van der Waals surface area contributed by atoms with Crippen molar-refractivity contribution in [3.8, 4) is 6.07 Å². The van der Waals surface area contributed by atoms with Crippen LogP contribution >= 0.6 is 15.9 Å². The van der Waals surface area contributed by atoms with Crippen LogP contribution in [0.1, 0.15) is 26.5 Å². The fourth-order valence-electron chi connectivity index (χ4n) is 2.53. The fourth-order valence-corrected chi connectivity index (χ4v) is 3.11. The van der Waals surface area contributed by atoms with E-state index in [4.69, 9.17) is 10.4 Å². The number of aromatic nitrogens is 4. The maximum Gasteiger partial charge on any atom is 0.355 e. The number of nitrogens with one attached hydrogen (secondary N) is 2. The summed E-state index contributed by atoms with van der Waals surface area (Å²) in [7, 11) is 1.34. The highest BCUT2D eigenvalue weighted by atomic mass is 79.9. The molecule has 0 aromatic carbocycles. The molecule has 0 spiro atoms. The van der Waals surface area contributed by atoms with Crippen molar-refractivity contribution in [3.63, 3.8) is 0 Å². The topological polar surface area (TPSA) is 145 Å². The minimum atomic E-state index is -1.15. The number of carboxylic acid groups (broad SMARTS) is 1. The molecule has 4 rings (SSSR count). The van der Waals surface area contributed by atoms with Crippen molar-refractivity contribution in [2.75, 3.05) is 7.11 Å². The smallest absolute Gasteiger partial charge is 0.355 e. The van der Waals surface area contributed by atoms with Crippen LogP contribution in [-0.2, 0) is 4.74 Å². The van der Waals surface area contributed by atoms with Crippen LogP contribution in [0.2, 0.25) is 0 Å². The number of esters is 1. The molecule has 0 aliphatic rings. The molecule has 28 heavy (non-hydrogen) atoms. The number of pyridine rings is 2. The van der Waals surface area contributed by atoms with E-state index in [2.05, 4.69) is 40.6 Å². The summed E-state index contributed by atoms with van der Waals surface area (Å²) < 4.78 is 5.31. The molecule has 0 amide bonds. The Kier molecular flexibility index (Phi) is 5.37. The Balaban J connectivity index is 0.000000161. The van der Waals surface area contributed by atoms with E-state index in [1.54, 1.807) is 18.3 Å². The van der Waals surface area contributed by atoms with E-state index in [1.165, 1.54) is 13.3 Å². The monoisotopic (exact) mass is 441 g/mol. The van der Waals surface area contributed by atoms with E-state index in [0.717, 1.165) is 5.39 Å². The normalized spacial score (nSPS) is 10.2. The molecule has 0 radical (unpaired) electrons. The molecule has 140 valence electrons. The quantitative estimate of drug-likeness (QED) is 0.404. The standard InChI is InChI=1S/C9H7BrN2O2.C9H5N3O2/c1-14-9(13)7-6(10)5-3-2-4-11-8(5)12-7;10-4-6-5-2-1-3-11-8(5)12-7(6)9(13)14/h2-4H,1H3,(H,11,12);1-3H,(H,11,12)(H,13,14). The van der Waals surface area contributed by atoms with Gasteiger partial charge in [0.2, 0.25) is 0 Å². The molecule has 0 unspecified atom stereocenters. The zero-order valence-corrected chi connectivity index (χ0v) is 15.9. The summed E-state index contributed by atoms with van der Waals surface area (Å²) in [6.45, 7) is 0. The van der Waals surface area contributed by atoms with Gasteiger partial charge in [-0.2, -0.15) is 5.26 Å². The van der Waals surface area contributed by atoms with Gasteiger partial charge < -0.3 is 19.8 Å². The highest BCUT2D eigenvalue weighted by Gasteiger charge is 2.17. The second-order valence-corrected chi connectivity index (χ2v) is 6.19. The first kappa shape index (κ1) is 19.1. The Morgan fingerprint density at radius 3 is 2.21 bits per heavy atom. The Labute approximate surface area is 166 Å². The molecule has 3 N–H and O–H groups in total. The molecule has 0 aliphatic heterocycles. The molecule has 10 heteroatoms. The number of nitrogens with zero attached hydrogens (tertiary/aromatic N) is 3. The molecule has 0 aliphatic carbocycles. The summed E-state index contributed by atoms with van der Waals surface area (Å²) in [6.07, 6.45) is 3.19. The van der Waals surface area contributed by atoms with Crippen molar-refractivity contribution in [2.45, 2.75) is 0 Å². The lowest BCUT2D eigenvalue weighted by Gasteiger charge is -1.94. The molecule has 0 saturated carbocycles. The summed E-state index contributed by atoms with van der Waals surface area (Å²) in [5.74, 6) is -1.56. The van der Waals surface area contributed by atoms with Crippen LogP contribution in [0.3, 0.4) is 0 Å². The Morgan fingerprint density at radius 2 is 1.68 bits per heavy atom. The Hall–Kier alpha value is -3.71. The highest BCUT2D eigenvalue weighted by molar-refractivity contribution is 9.10. The number of aromatic carboxylic acids is 1. The number of hydrogen-bond donors (Lipinski definition) is 3. The number of carboxylic acids is 1. The molecule has 4 aromatic rings. The predicted octanol–water partition coefficient (Wildman–Crippen LogP) is 3.24. The molecule has 0 fully saturated rings. The summed E-state index contributed by atoms with van der Waals surface area (Å²) in [6, 6.07) is 8.84. The van der Waals surface area contributed by atoms with Crippen molar-refractivity contribution < 1.29 is 19.4 Å². The van der Waals surface area contributed by atoms with Gasteiger partial charge in [-0.25, -0.2) is 19.6 Å². The van der Waals surface area contributed by atoms with Gasteiger partial charge >= 0.3 is 11.9 Å². The third-order valence-corrected chi connectivity index (χ3v) is 4.62. The van der Waals surface area contributed by atoms with E-state index in [-0.39, 0.29) is 11.3 Å². The molecular formula is C18H12BrN5O4. The van der Waals surface area contributed by atoms with Gasteiger partial charge in [0, 0.05) is 23.2 Å². The van der Waals surface area contributed by atoms with Gasteiger partial charge in [-0.05, 0) is 40.2 Å². The molecular weight excluding hydrogens is 430 g/mol. The van der Waals surface area contributed by atoms with Gasteiger partial charge in [0.05, 0.1) is 17.1 Å². The van der Waals surface area contributed by atoms with Gasteiger partial charge in [0.1, 0.15) is 28.8 Å². The van der Waals surface area contributed by atoms with Gasteiger partial charge in [-0.3, -0.25) is 0 Å². The Morgan fingerprint density at radius 1 is 1.11 bits per heavy atom. The average molecular weight is 442 g/mol. The van der Waals surface area contributed by atoms with E-state index >= 15 is 0 Å². The lowest BCUT2D eigenvalue weighted by molar-refractivity contribution is 0.0593. The van der Waals surface area contributed by atoms with Crippen LogP contribution in [0.4, 0.5) is 0 Å². The number of nitriles is 1. The number of methoxy groups -OCH3 is 1. The van der Waals surface area contributed by atoms with Crippen LogP contribution in [0.5, 0.6) is 0 Å². The van der Waals surface area contributed by atoms with E-state index in [1.807, 2.05) is 18.2 Å². The van der Waals surface area contributed by atoms with Crippen LogP contribution < -0.4 is 0 Å². The minimum Gasteiger partial charge on any atom is -0.477 e. The summed E-state index contributed by atoms with van der Waals surface area (Å²) in [5.41, 5.74) is 1.49. The second-order valence-electron chi connectivity index (χ2n) is 5.40. The van der Waals surface area contributed by atoms with Crippen molar-refractivity contribution in [2.24, 2.45) is 0 Å². The zero-order chi connectivity index (χ0) is 20.3. The van der Waals surface area contributed by atoms with Gasteiger partial charge in [0.15, 0.2) is 0 Å². The first-order chi connectivity index (χ1) is 13.5. The van der Waals surface area contributed by atoms with Crippen LogP contribution in [0, 0.1) is 11.3 Å². The third kappa shape index (κ3) is 3.43. The summed E-state index contributed by atoms with van der Waals surface area (Å²) >= 11 is 3.32. The molecule has 4 heterocycles. The van der Waals surface area contributed by atoms with Crippen LogP contribution in [0.15, 0.2) is 41.1 Å². The van der Waals surface area contributed by atoms with Crippen molar-refractivity contribution >= 4 is 49.9 Å². The second kappa shape index (κ2) is 7.89. The van der Waals surface area contributed by atoms with Gasteiger partial charge in [0.25, 0.3) is 0 Å².